The Labute approximate surface area is 170 Å². The first kappa shape index (κ1) is 19.0. The van der Waals surface area contributed by atoms with Gasteiger partial charge in [0, 0.05) is 37.4 Å². The molecule has 148 valence electrons. The average Bonchev–Trinajstić information content (AvgIpc) is 2.79. The lowest BCUT2D eigenvalue weighted by Crippen LogP contribution is -2.50. The molecule has 4 rings (SSSR count). The maximum absolute atomic E-state index is 13.1. The lowest BCUT2D eigenvalue weighted by atomic mass is 10.1. The molecular weight excluding hydrogens is 367 g/mol. The fourth-order valence-electron chi connectivity index (χ4n) is 3.55. The predicted molar refractivity (Wildman–Crippen MR) is 113 cm³/mol. The Bertz CT molecular complexity index is 952. The van der Waals surface area contributed by atoms with Gasteiger partial charge in [0.05, 0.1) is 0 Å². The SMILES string of the molecule is O=C(COc1ccccc1-c1ccccc1)N1CCN(c2ccc(F)cc2)CC1. The molecule has 4 nitrogen and oxygen atoms in total. The molecule has 0 aliphatic carbocycles. The van der Waals surface area contributed by atoms with Gasteiger partial charge in [0.15, 0.2) is 6.61 Å². The maximum atomic E-state index is 13.1. The number of amides is 1. The van der Waals surface area contributed by atoms with Gasteiger partial charge in [-0.05, 0) is 35.9 Å². The van der Waals surface area contributed by atoms with Gasteiger partial charge >= 0.3 is 0 Å². The van der Waals surface area contributed by atoms with Gasteiger partial charge in [0.1, 0.15) is 11.6 Å². The summed E-state index contributed by atoms with van der Waals surface area (Å²) in [6.07, 6.45) is 0. The van der Waals surface area contributed by atoms with Crippen molar-refractivity contribution in [1.82, 2.24) is 4.90 Å². The topological polar surface area (TPSA) is 32.8 Å². The van der Waals surface area contributed by atoms with E-state index in [9.17, 15) is 9.18 Å². The molecule has 1 heterocycles. The van der Waals surface area contributed by atoms with Crippen molar-refractivity contribution in [3.05, 3.63) is 84.7 Å². The summed E-state index contributed by atoms with van der Waals surface area (Å²) in [5.74, 6) is 0.444. The van der Waals surface area contributed by atoms with Crippen molar-refractivity contribution in [1.29, 1.82) is 0 Å². The zero-order valence-electron chi connectivity index (χ0n) is 16.1. The third-order valence-electron chi connectivity index (χ3n) is 5.15. The number of carbonyl (C=O) groups is 1. The van der Waals surface area contributed by atoms with Gasteiger partial charge in [-0.25, -0.2) is 4.39 Å². The van der Waals surface area contributed by atoms with Gasteiger partial charge < -0.3 is 14.5 Å². The van der Waals surface area contributed by atoms with Crippen molar-refractivity contribution >= 4 is 11.6 Å². The number of benzene rings is 3. The van der Waals surface area contributed by atoms with E-state index < -0.39 is 0 Å². The van der Waals surface area contributed by atoms with Crippen molar-refractivity contribution in [2.45, 2.75) is 0 Å². The van der Waals surface area contributed by atoms with Crippen LogP contribution in [-0.2, 0) is 4.79 Å². The number of rotatable bonds is 5. The summed E-state index contributed by atoms with van der Waals surface area (Å²) in [4.78, 5) is 16.6. The zero-order chi connectivity index (χ0) is 20.1. The summed E-state index contributed by atoms with van der Waals surface area (Å²) in [5.41, 5.74) is 3.01. The Morgan fingerprint density at radius 2 is 1.48 bits per heavy atom. The molecule has 1 fully saturated rings. The Hall–Kier alpha value is -3.34. The van der Waals surface area contributed by atoms with Gasteiger partial charge in [-0.15, -0.1) is 0 Å². The second-order valence-electron chi connectivity index (χ2n) is 7.00. The molecule has 3 aromatic rings. The van der Waals surface area contributed by atoms with E-state index in [1.165, 1.54) is 12.1 Å². The lowest BCUT2D eigenvalue weighted by molar-refractivity contribution is -0.133. The highest BCUT2D eigenvalue weighted by atomic mass is 19.1. The molecular formula is C24H23FN2O2. The molecule has 0 unspecified atom stereocenters. The van der Waals surface area contributed by atoms with E-state index in [2.05, 4.69) is 4.90 Å². The van der Waals surface area contributed by atoms with Gasteiger partial charge in [0.2, 0.25) is 0 Å². The lowest BCUT2D eigenvalue weighted by Gasteiger charge is -2.36. The zero-order valence-corrected chi connectivity index (χ0v) is 16.1. The van der Waals surface area contributed by atoms with Crippen molar-refractivity contribution in [3.63, 3.8) is 0 Å². The van der Waals surface area contributed by atoms with Crippen molar-refractivity contribution in [2.75, 3.05) is 37.7 Å². The fourth-order valence-corrected chi connectivity index (χ4v) is 3.55. The van der Waals surface area contributed by atoms with Crippen LogP contribution in [0.25, 0.3) is 11.1 Å². The minimum Gasteiger partial charge on any atom is -0.483 e. The molecule has 1 saturated heterocycles. The van der Waals surface area contributed by atoms with E-state index in [0.717, 1.165) is 29.9 Å². The van der Waals surface area contributed by atoms with Gasteiger partial charge in [-0.3, -0.25) is 4.79 Å². The molecule has 3 aromatic carbocycles. The average molecular weight is 390 g/mol. The summed E-state index contributed by atoms with van der Waals surface area (Å²) in [7, 11) is 0. The highest BCUT2D eigenvalue weighted by Gasteiger charge is 2.22. The normalized spacial score (nSPS) is 14.0. The first-order valence-electron chi connectivity index (χ1n) is 9.76. The molecule has 0 aromatic heterocycles. The van der Waals surface area contributed by atoms with E-state index in [4.69, 9.17) is 4.74 Å². The van der Waals surface area contributed by atoms with Crippen LogP contribution < -0.4 is 9.64 Å². The Morgan fingerprint density at radius 3 is 2.21 bits per heavy atom. The summed E-state index contributed by atoms with van der Waals surface area (Å²) in [6, 6.07) is 24.2. The number of hydrogen-bond acceptors (Lipinski definition) is 3. The molecule has 1 aliphatic heterocycles. The van der Waals surface area contributed by atoms with E-state index in [-0.39, 0.29) is 18.3 Å². The molecule has 0 N–H and O–H groups in total. The number of nitrogens with zero attached hydrogens (tertiary/aromatic N) is 2. The van der Waals surface area contributed by atoms with Gasteiger partial charge in [-0.1, -0.05) is 48.5 Å². The number of para-hydroxylation sites is 1. The first-order chi connectivity index (χ1) is 14.2. The smallest absolute Gasteiger partial charge is 0.260 e. The summed E-state index contributed by atoms with van der Waals surface area (Å²) < 4.78 is 19.0. The Morgan fingerprint density at radius 1 is 0.828 bits per heavy atom. The number of hydrogen-bond donors (Lipinski definition) is 0. The highest BCUT2D eigenvalue weighted by molar-refractivity contribution is 5.79. The Balaban J connectivity index is 1.34. The molecule has 1 amide bonds. The van der Waals surface area contributed by atoms with Crippen LogP contribution in [-0.4, -0.2) is 43.6 Å². The minimum atomic E-state index is -0.240. The second-order valence-corrected chi connectivity index (χ2v) is 7.00. The van der Waals surface area contributed by atoms with Gasteiger partial charge in [0.25, 0.3) is 5.91 Å². The summed E-state index contributed by atoms with van der Waals surface area (Å²) in [6.45, 7) is 2.70. The van der Waals surface area contributed by atoms with E-state index >= 15 is 0 Å². The van der Waals surface area contributed by atoms with Crippen LogP contribution in [0.15, 0.2) is 78.9 Å². The van der Waals surface area contributed by atoms with E-state index in [1.54, 1.807) is 12.1 Å². The van der Waals surface area contributed by atoms with Crippen LogP contribution >= 0.6 is 0 Å². The minimum absolute atomic E-state index is 0.0143. The van der Waals surface area contributed by atoms with Crippen LogP contribution in [0.2, 0.25) is 0 Å². The van der Waals surface area contributed by atoms with Crippen LogP contribution in [0.4, 0.5) is 10.1 Å². The maximum Gasteiger partial charge on any atom is 0.260 e. The molecule has 0 bridgehead atoms. The third kappa shape index (κ3) is 4.57. The number of anilines is 1. The molecule has 5 heteroatoms. The van der Waals surface area contributed by atoms with E-state index in [1.807, 2.05) is 59.5 Å². The number of halogens is 1. The summed E-state index contributed by atoms with van der Waals surface area (Å²) in [5, 5.41) is 0. The third-order valence-corrected chi connectivity index (χ3v) is 5.15. The molecule has 0 radical (unpaired) electrons. The summed E-state index contributed by atoms with van der Waals surface area (Å²) >= 11 is 0. The Kier molecular flexibility index (Phi) is 5.75. The number of ether oxygens (including phenoxy) is 1. The molecule has 29 heavy (non-hydrogen) atoms. The standard InChI is InChI=1S/C24H23FN2O2/c25-20-10-12-21(13-11-20)26-14-16-27(17-15-26)24(28)18-29-23-9-5-4-8-22(23)19-6-2-1-3-7-19/h1-13H,14-18H2. The quantitative estimate of drug-likeness (QED) is 0.654. The molecule has 0 spiro atoms. The van der Waals surface area contributed by atoms with E-state index in [0.29, 0.717) is 18.8 Å². The molecule has 0 atom stereocenters. The first-order valence-corrected chi connectivity index (χ1v) is 9.76. The van der Waals surface area contributed by atoms with Crippen molar-refractivity contribution < 1.29 is 13.9 Å². The fraction of sp³-hybridized carbons (Fsp3) is 0.208. The van der Waals surface area contributed by atoms with Crippen molar-refractivity contribution in [3.8, 4) is 16.9 Å². The molecule has 1 aliphatic rings. The number of piperazine rings is 1. The second kappa shape index (κ2) is 8.78. The van der Waals surface area contributed by atoms with Crippen molar-refractivity contribution in [2.24, 2.45) is 0 Å². The highest BCUT2D eigenvalue weighted by Crippen LogP contribution is 2.29. The predicted octanol–water partition coefficient (Wildman–Crippen LogP) is 4.22. The van der Waals surface area contributed by atoms with Crippen LogP contribution in [0, 0.1) is 5.82 Å². The van der Waals surface area contributed by atoms with Crippen LogP contribution in [0.1, 0.15) is 0 Å². The van der Waals surface area contributed by atoms with Crippen LogP contribution in [0.5, 0.6) is 5.75 Å². The van der Waals surface area contributed by atoms with Gasteiger partial charge in [-0.2, -0.15) is 0 Å². The van der Waals surface area contributed by atoms with Crippen LogP contribution in [0.3, 0.4) is 0 Å². The largest absolute Gasteiger partial charge is 0.483 e. The monoisotopic (exact) mass is 390 g/mol. The molecule has 0 saturated carbocycles. The number of carbonyl (C=O) groups excluding carboxylic acids is 1.